The zero-order valence-electron chi connectivity index (χ0n) is 11.0. The molecule has 0 bridgehead atoms. The molecule has 0 fully saturated rings. The Kier molecular flexibility index (Phi) is 3.91. The van der Waals surface area contributed by atoms with Crippen molar-refractivity contribution in [3.63, 3.8) is 0 Å². The first-order chi connectivity index (χ1) is 9.74. The van der Waals surface area contributed by atoms with Crippen LogP contribution in [0, 0.1) is 8.98 Å². The number of hydrogen-bond acceptors (Lipinski definition) is 1. The van der Waals surface area contributed by atoms with Crippen LogP contribution in [0.2, 0.25) is 0 Å². The number of aryl methyl sites for hydroxylation is 1. The monoisotopic (exact) mass is 377 g/mol. The van der Waals surface area contributed by atoms with Gasteiger partial charge in [-0.2, -0.15) is 0 Å². The van der Waals surface area contributed by atoms with Gasteiger partial charge < -0.3 is 10.6 Å². The summed E-state index contributed by atoms with van der Waals surface area (Å²) in [6.45, 7) is 0. The largest absolute Gasteiger partial charge is 0.326 e. The molecule has 0 saturated heterocycles. The number of benzene rings is 2. The van der Waals surface area contributed by atoms with Crippen LogP contribution in [-0.2, 0) is 12.8 Å². The van der Waals surface area contributed by atoms with E-state index in [0.717, 1.165) is 27.8 Å². The SMILES string of the molecule is N=C(Nc1ccccc1I)Nc1cccc2c1CCC2. The van der Waals surface area contributed by atoms with Crippen molar-refractivity contribution in [2.75, 3.05) is 10.6 Å². The molecule has 4 heteroatoms. The molecule has 0 aliphatic heterocycles. The van der Waals surface area contributed by atoms with Gasteiger partial charge in [-0.15, -0.1) is 0 Å². The van der Waals surface area contributed by atoms with E-state index in [-0.39, 0.29) is 0 Å². The number of para-hydroxylation sites is 1. The van der Waals surface area contributed by atoms with Crippen molar-refractivity contribution in [1.29, 1.82) is 5.41 Å². The first-order valence-corrected chi connectivity index (χ1v) is 7.80. The lowest BCUT2D eigenvalue weighted by Gasteiger charge is -2.14. The van der Waals surface area contributed by atoms with Gasteiger partial charge in [0, 0.05) is 9.26 Å². The second kappa shape index (κ2) is 5.83. The molecule has 0 heterocycles. The minimum absolute atomic E-state index is 0.314. The molecule has 102 valence electrons. The summed E-state index contributed by atoms with van der Waals surface area (Å²) in [5, 5.41) is 14.4. The van der Waals surface area contributed by atoms with Crippen LogP contribution < -0.4 is 10.6 Å². The predicted octanol–water partition coefficient (Wildman–Crippen LogP) is 4.24. The zero-order chi connectivity index (χ0) is 13.9. The van der Waals surface area contributed by atoms with Crippen LogP contribution in [0.3, 0.4) is 0 Å². The van der Waals surface area contributed by atoms with Crippen LogP contribution in [0.1, 0.15) is 17.5 Å². The van der Waals surface area contributed by atoms with E-state index < -0.39 is 0 Å². The van der Waals surface area contributed by atoms with Crippen molar-refractivity contribution < 1.29 is 0 Å². The third kappa shape index (κ3) is 2.80. The van der Waals surface area contributed by atoms with Crippen LogP contribution in [0.25, 0.3) is 0 Å². The molecule has 3 N–H and O–H groups in total. The maximum absolute atomic E-state index is 8.10. The molecule has 0 spiro atoms. The Morgan fingerprint density at radius 2 is 1.70 bits per heavy atom. The number of fused-ring (bicyclic) bond motifs is 1. The van der Waals surface area contributed by atoms with Crippen molar-refractivity contribution >= 4 is 39.9 Å². The van der Waals surface area contributed by atoms with Gasteiger partial charge in [-0.25, -0.2) is 0 Å². The summed E-state index contributed by atoms with van der Waals surface area (Å²) in [4.78, 5) is 0. The Morgan fingerprint density at radius 1 is 0.950 bits per heavy atom. The lowest BCUT2D eigenvalue weighted by Crippen LogP contribution is -2.21. The number of nitrogens with one attached hydrogen (secondary N) is 3. The maximum Gasteiger partial charge on any atom is 0.197 e. The fraction of sp³-hybridized carbons (Fsp3) is 0.188. The van der Waals surface area contributed by atoms with Gasteiger partial charge in [0.1, 0.15) is 0 Å². The molecule has 0 aromatic heterocycles. The molecule has 20 heavy (non-hydrogen) atoms. The Bertz CT molecular complexity index is 652. The van der Waals surface area contributed by atoms with Crippen LogP contribution in [0.15, 0.2) is 42.5 Å². The highest BCUT2D eigenvalue weighted by Gasteiger charge is 2.14. The highest BCUT2D eigenvalue weighted by Crippen LogP contribution is 2.28. The van der Waals surface area contributed by atoms with Crippen LogP contribution in [0.5, 0.6) is 0 Å². The first kappa shape index (κ1) is 13.4. The molecule has 0 saturated carbocycles. The van der Waals surface area contributed by atoms with E-state index in [9.17, 15) is 0 Å². The van der Waals surface area contributed by atoms with E-state index in [1.165, 1.54) is 17.5 Å². The molecule has 2 aromatic rings. The second-order valence-corrected chi connectivity index (χ2v) is 6.06. The summed E-state index contributed by atoms with van der Waals surface area (Å²) >= 11 is 2.27. The van der Waals surface area contributed by atoms with Gasteiger partial charge in [0.05, 0.1) is 5.69 Å². The smallest absolute Gasteiger partial charge is 0.197 e. The zero-order valence-corrected chi connectivity index (χ0v) is 13.2. The minimum atomic E-state index is 0.314. The normalized spacial score (nSPS) is 12.8. The first-order valence-electron chi connectivity index (χ1n) is 6.72. The van der Waals surface area contributed by atoms with E-state index in [1.807, 2.05) is 24.3 Å². The van der Waals surface area contributed by atoms with Gasteiger partial charge >= 0.3 is 0 Å². The molecule has 3 rings (SSSR count). The fourth-order valence-corrected chi connectivity index (χ4v) is 3.12. The van der Waals surface area contributed by atoms with E-state index >= 15 is 0 Å². The average molecular weight is 377 g/mol. The van der Waals surface area contributed by atoms with Gasteiger partial charge in [0.2, 0.25) is 0 Å². The van der Waals surface area contributed by atoms with Gasteiger partial charge in [0.15, 0.2) is 5.96 Å². The van der Waals surface area contributed by atoms with Crippen LogP contribution >= 0.6 is 22.6 Å². The molecule has 0 unspecified atom stereocenters. The van der Waals surface area contributed by atoms with Gasteiger partial charge in [-0.1, -0.05) is 24.3 Å². The Balaban J connectivity index is 1.74. The summed E-state index contributed by atoms with van der Waals surface area (Å²) < 4.78 is 1.11. The van der Waals surface area contributed by atoms with Crippen molar-refractivity contribution in [2.45, 2.75) is 19.3 Å². The Morgan fingerprint density at radius 3 is 2.55 bits per heavy atom. The predicted molar refractivity (Wildman–Crippen MR) is 92.6 cm³/mol. The fourth-order valence-electron chi connectivity index (χ4n) is 2.60. The van der Waals surface area contributed by atoms with E-state index in [1.54, 1.807) is 0 Å². The molecular formula is C16H16IN3. The molecule has 1 aliphatic rings. The number of anilines is 2. The number of guanidine groups is 1. The minimum Gasteiger partial charge on any atom is -0.326 e. The lowest BCUT2D eigenvalue weighted by atomic mass is 10.1. The third-order valence-corrected chi connectivity index (χ3v) is 4.48. The summed E-state index contributed by atoms with van der Waals surface area (Å²) in [6, 6.07) is 14.3. The highest BCUT2D eigenvalue weighted by molar-refractivity contribution is 14.1. The van der Waals surface area contributed by atoms with E-state index in [4.69, 9.17) is 5.41 Å². The number of rotatable bonds is 2. The number of hydrogen-bond donors (Lipinski definition) is 3. The van der Waals surface area contributed by atoms with Gasteiger partial charge in [-0.05, 0) is 71.2 Å². The van der Waals surface area contributed by atoms with Gasteiger partial charge in [-0.3, -0.25) is 5.41 Å². The molecule has 1 aliphatic carbocycles. The summed E-state index contributed by atoms with van der Waals surface area (Å²) in [5.41, 5.74) is 4.79. The molecule has 2 aromatic carbocycles. The maximum atomic E-state index is 8.10. The summed E-state index contributed by atoms with van der Waals surface area (Å²) in [6.07, 6.45) is 3.47. The quantitative estimate of drug-likeness (QED) is 0.417. The standard InChI is InChI=1S/C16H16IN3/c17-13-8-1-2-9-15(13)20-16(18)19-14-10-4-6-11-5-3-7-12(11)14/h1-2,4,6,8-10H,3,5,7H2,(H3,18,19,20). The Labute approximate surface area is 132 Å². The summed E-state index contributed by atoms with van der Waals surface area (Å²) in [7, 11) is 0. The third-order valence-electron chi connectivity index (χ3n) is 3.54. The van der Waals surface area contributed by atoms with Crippen molar-refractivity contribution in [1.82, 2.24) is 0 Å². The van der Waals surface area contributed by atoms with Crippen molar-refractivity contribution in [3.8, 4) is 0 Å². The van der Waals surface area contributed by atoms with Crippen LogP contribution in [-0.4, -0.2) is 5.96 Å². The molecule has 0 radical (unpaired) electrons. The lowest BCUT2D eigenvalue weighted by molar-refractivity contribution is 0.912. The summed E-state index contributed by atoms with van der Waals surface area (Å²) in [5.74, 6) is 0.314. The molecular weight excluding hydrogens is 361 g/mol. The van der Waals surface area contributed by atoms with E-state index in [2.05, 4.69) is 51.4 Å². The Hall–Kier alpha value is -1.56. The van der Waals surface area contributed by atoms with Crippen LogP contribution in [0.4, 0.5) is 11.4 Å². The average Bonchev–Trinajstić information content (AvgIpc) is 2.91. The number of halogens is 1. The van der Waals surface area contributed by atoms with E-state index in [0.29, 0.717) is 5.96 Å². The van der Waals surface area contributed by atoms with Gasteiger partial charge in [0.25, 0.3) is 0 Å². The molecule has 3 nitrogen and oxygen atoms in total. The molecule has 0 amide bonds. The highest BCUT2D eigenvalue weighted by atomic mass is 127. The second-order valence-electron chi connectivity index (χ2n) is 4.90. The van der Waals surface area contributed by atoms with Crippen molar-refractivity contribution in [3.05, 3.63) is 57.2 Å². The van der Waals surface area contributed by atoms with Crippen molar-refractivity contribution in [2.24, 2.45) is 0 Å². The molecule has 0 atom stereocenters. The topological polar surface area (TPSA) is 47.9 Å².